The number of rotatable bonds is 5. The quantitative estimate of drug-likeness (QED) is 0.776. The van der Waals surface area contributed by atoms with Gasteiger partial charge in [0.1, 0.15) is 5.56 Å². The van der Waals surface area contributed by atoms with Crippen LogP contribution in [0.25, 0.3) is 0 Å². The van der Waals surface area contributed by atoms with Crippen LogP contribution in [-0.2, 0) is 6.54 Å². The lowest BCUT2D eigenvalue weighted by Crippen LogP contribution is -2.53. The molecule has 1 aromatic rings. The van der Waals surface area contributed by atoms with Crippen molar-refractivity contribution in [1.82, 2.24) is 14.9 Å². The van der Waals surface area contributed by atoms with Crippen molar-refractivity contribution >= 4 is 17.7 Å². The van der Waals surface area contributed by atoms with Crippen LogP contribution in [0.1, 0.15) is 37.0 Å². The molecule has 110 valence electrons. The molecule has 0 fully saturated rings. The maximum Gasteiger partial charge on any atom is 0.267 e. The van der Waals surface area contributed by atoms with Crippen molar-refractivity contribution < 1.29 is 4.79 Å². The SMILES string of the molecule is CCC(CC)(CN)NC(=O)c1cnc2n(c1=O)CCS2. The molecule has 2 rings (SSSR count). The van der Waals surface area contributed by atoms with Crippen LogP contribution in [0.5, 0.6) is 0 Å². The molecule has 6 nitrogen and oxygen atoms in total. The van der Waals surface area contributed by atoms with Crippen LogP contribution in [0.4, 0.5) is 0 Å². The normalized spacial score (nSPS) is 14.2. The summed E-state index contributed by atoms with van der Waals surface area (Å²) in [5.41, 5.74) is 5.14. The molecule has 0 aliphatic carbocycles. The fourth-order valence-corrected chi connectivity index (χ4v) is 3.16. The molecule has 0 saturated carbocycles. The maximum atomic E-state index is 12.3. The third-order valence-electron chi connectivity index (χ3n) is 3.92. The first kappa shape index (κ1) is 15.1. The number of nitrogens with one attached hydrogen (secondary N) is 1. The highest BCUT2D eigenvalue weighted by atomic mass is 32.2. The van der Waals surface area contributed by atoms with E-state index in [4.69, 9.17) is 5.73 Å². The molecular formula is C13H20N4O2S. The van der Waals surface area contributed by atoms with Gasteiger partial charge in [-0.3, -0.25) is 14.2 Å². The summed E-state index contributed by atoms with van der Waals surface area (Å²) >= 11 is 1.53. The molecule has 2 heterocycles. The van der Waals surface area contributed by atoms with E-state index in [0.717, 1.165) is 18.6 Å². The molecule has 1 amide bonds. The fourth-order valence-electron chi connectivity index (χ4n) is 2.25. The minimum absolute atomic E-state index is 0.0935. The highest BCUT2D eigenvalue weighted by Gasteiger charge is 2.29. The van der Waals surface area contributed by atoms with Gasteiger partial charge in [0.15, 0.2) is 5.16 Å². The van der Waals surface area contributed by atoms with Crippen LogP contribution in [0.3, 0.4) is 0 Å². The fraction of sp³-hybridized carbons (Fsp3) is 0.615. The second-order valence-corrected chi connectivity index (χ2v) is 5.97. The highest BCUT2D eigenvalue weighted by molar-refractivity contribution is 7.99. The third-order valence-corrected chi connectivity index (χ3v) is 4.89. The number of carbonyl (C=O) groups excluding carboxylic acids is 1. The Morgan fingerprint density at radius 1 is 1.55 bits per heavy atom. The van der Waals surface area contributed by atoms with E-state index in [2.05, 4.69) is 10.3 Å². The van der Waals surface area contributed by atoms with Gasteiger partial charge in [0.2, 0.25) is 0 Å². The first-order valence-corrected chi connectivity index (χ1v) is 7.80. The van der Waals surface area contributed by atoms with Crippen molar-refractivity contribution in [3.63, 3.8) is 0 Å². The van der Waals surface area contributed by atoms with Crippen LogP contribution < -0.4 is 16.6 Å². The predicted molar refractivity (Wildman–Crippen MR) is 79.1 cm³/mol. The molecule has 7 heteroatoms. The largest absolute Gasteiger partial charge is 0.345 e. The molecule has 1 aromatic heterocycles. The summed E-state index contributed by atoms with van der Waals surface area (Å²) in [4.78, 5) is 28.8. The van der Waals surface area contributed by atoms with Gasteiger partial charge in [0.25, 0.3) is 11.5 Å². The first-order chi connectivity index (χ1) is 9.56. The Hall–Kier alpha value is -1.34. The molecule has 0 radical (unpaired) electrons. The molecule has 0 spiro atoms. The number of nitrogens with two attached hydrogens (primary N) is 1. The summed E-state index contributed by atoms with van der Waals surface area (Å²) in [7, 11) is 0. The van der Waals surface area contributed by atoms with Gasteiger partial charge in [-0.2, -0.15) is 0 Å². The molecular weight excluding hydrogens is 276 g/mol. The Kier molecular flexibility index (Phi) is 4.49. The van der Waals surface area contributed by atoms with Gasteiger partial charge in [-0.25, -0.2) is 4.98 Å². The maximum absolute atomic E-state index is 12.3. The molecule has 3 N–H and O–H groups in total. The number of hydrogen-bond acceptors (Lipinski definition) is 5. The standard InChI is InChI=1S/C13H20N4O2S/c1-3-13(4-2,8-14)16-10(18)9-7-15-12-17(11(9)19)5-6-20-12/h7H,3-6,8,14H2,1-2H3,(H,16,18). The van der Waals surface area contributed by atoms with Crippen molar-refractivity contribution in [1.29, 1.82) is 0 Å². The Labute approximate surface area is 122 Å². The zero-order valence-corrected chi connectivity index (χ0v) is 12.6. The smallest absolute Gasteiger partial charge is 0.267 e. The van der Waals surface area contributed by atoms with E-state index in [1.807, 2.05) is 13.8 Å². The van der Waals surface area contributed by atoms with Gasteiger partial charge >= 0.3 is 0 Å². The number of aromatic nitrogens is 2. The summed E-state index contributed by atoms with van der Waals surface area (Å²) < 4.78 is 1.56. The van der Waals surface area contributed by atoms with Crippen LogP contribution in [-0.4, -0.2) is 33.3 Å². The molecule has 0 saturated heterocycles. The van der Waals surface area contributed by atoms with Gasteiger partial charge < -0.3 is 11.1 Å². The van der Waals surface area contributed by atoms with Crippen LogP contribution >= 0.6 is 11.8 Å². The Bertz CT molecular complexity index is 558. The van der Waals surface area contributed by atoms with Crippen LogP contribution in [0, 0.1) is 0 Å². The summed E-state index contributed by atoms with van der Waals surface area (Å²) in [6.07, 6.45) is 2.82. The lowest BCUT2D eigenvalue weighted by molar-refractivity contribution is 0.0892. The number of amides is 1. The molecule has 1 aliphatic heterocycles. The summed E-state index contributed by atoms with van der Waals surface area (Å²) in [6, 6.07) is 0. The van der Waals surface area contributed by atoms with Gasteiger partial charge in [-0.05, 0) is 12.8 Å². The van der Waals surface area contributed by atoms with Crippen LogP contribution in [0.15, 0.2) is 16.1 Å². The molecule has 1 aliphatic rings. The first-order valence-electron chi connectivity index (χ1n) is 6.82. The van der Waals surface area contributed by atoms with E-state index < -0.39 is 5.54 Å². The number of fused-ring (bicyclic) bond motifs is 1. The average Bonchev–Trinajstić information content (AvgIpc) is 2.94. The van der Waals surface area contributed by atoms with E-state index in [1.54, 1.807) is 4.57 Å². The van der Waals surface area contributed by atoms with E-state index in [-0.39, 0.29) is 17.0 Å². The molecule has 0 aromatic carbocycles. The number of nitrogens with zero attached hydrogens (tertiary/aromatic N) is 2. The highest BCUT2D eigenvalue weighted by Crippen LogP contribution is 2.20. The molecule has 20 heavy (non-hydrogen) atoms. The lowest BCUT2D eigenvalue weighted by atomic mass is 9.92. The zero-order chi connectivity index (χ0) is 14.8. The topological polar surface area (TPSA) is 90.0 Å². The average molecular weight is 296 g/mol. The number of hydrogen-bond donors (Lipinski definition) is 2. The minimum atomic E-state index is -0.456. The van der Waals surface area contributed by atoms with E-state index >= 15 is 0 Å². The van der Waals surface area contributed by atoms with Gasteiger partial charge in [-0.15, -0.1) is 0 Å². The summed E-state index contributed by atoms with van der Waals surface area (Å²) in [5, 5.41) is 3.59. The lowest BCUT2D eigenvalue weighted by Gasteiger charge is -2.31. The summed E-state index contributed by atoms with van der Waals surface area (Å²) in [5.74, 6) is 0.438. The number of carbonyl (C=O) groups is 1. The van der Waals surface area contributed by atoms with Crippen molar-refractivity contribution in [2.75, 3.05) is 12.3 Å². The van der Waals surface area contributed by atoms with Crippen molar-refractivity contribution in [3.8, 4) is 0 Å². The van der Waals surface area contributed by atoms with Gasteiger partial charge in [-0.1, -0.05) is 25.6 Å². The van der Waals surface area contributed by atoms with Crippen LogP contribution in [0.2, 0.25) is 0 Å². The second-order valence-electron chi connectivity index (χ2n) is 4.91. The van der Waals surface area contributed by atoms with Gasteiger partial charge in [0.05, 0.1) is 5.54 Å². The molecule has 0 unspecified atom stereocenters. The van der Waals surface area contributed by atoms with Gasteiger partial charge in [0, 0.05) is 25.0 Å². The Balaban J connectivity index is 2.29. The Morgan fingerprint density at radius 2 is 2.25 bits per heavy atom. The van der Waals surface area contributed by atoms with Crippen molar-refractivity contribution in [2.24, 2.45) is 5.73 Å². The second kappa shape index (κ2) is 5.97. The van der Waals surface area contributed by atoms with E-state index in [9.17, 15) is 9.59 Å². The minimum Gasteiger partial charge on any atom is -0.345 e. The third kappa shape index (κ3) is 2.60. The number of thioether (sulfide) groups is 1. The zero-order valence-electron chi connectivity index (χ0n) is 11.8. The van der Waals surface area contributed by atoms with E-state index in [0.29, 0.717) is 18.2 Å². The van der Waals surface area contributed by atoms with Crippen molar-refractivity contribution in [2.45, 2.75) is 43.9 Å². The molecule has 0 atom stereocenters. The predicted octanol–water partition coefficient (Wildman–Crippen LogP) is 0.596. The summed E-state index contributed by atoms with van der Waals surface area (Å²) in [6.45, 7) is 4.90. The molecule has 0 bridgehead atoms. The van der Waals surface area contributed by atoms with Crippen molar-refractivity contribution in [3.05, 3.63) is 22.1 Å². The Morgan fingerprint density at radius 3 is 2.85 bits per heavy atom. The van der Waals surface area contributed by atoms with E-state index in [1.165, 1.54) is 18.0 Å². The monoisotopic (exact) mass is 296 g/mol.